The van der Waals surface area contributed by atoms with Crippen molar-refractivity contribution in [3.05, 3.63) is 48.0 Å². The van der Waals surface area contributed by atoms with Crippen molar-refractivity contribution < 1.29 is 36.2 Å². The van der Waals surface area contributed by atoms with Gasteiger partial charge in [0.25, 0.3) is 15.9 Å². The number of rotatable bonds is 9. The third-order valence-corrected chi connectivity index (χ3v) is 8.97. The first-order valence-electron chi connectivity index (χ1n) is 11.6. The molecule has 2 aromatic carbocycles. The molecule has 1 aliphatic rings. The van der Waals surface area contributed by atoms with Crippen molar-refractivity contribution in [1.82, 2.24) is 9.21 Å². The van der Waals surface area contributed by atoms with Gasteiger partial charge in [-0.25, -0.2) is 21.1 Å². The van der Waals surface area contributed by atoms with Crippen LogP contribution >= 0.6 is 0 Å². The number of para-hydroxylation sites is 1. The van der Waals surface area contributed by atoms with E-state index < -0.39 is 38.1 Å². The number of fused-ring (bicyclic) bond motifs is 1. The lowest BCUT2D eigenvalue weighted by molar-refractivity contribution is 0.0389. The number of ether oxygens (including phenoxy) is 2. The Labute approximate surface area is 218 Å². The smallest absolute Gasteiger partial charge is 0.262 e. The molecular formula is C24H33N3O8S2. The zero-order valence-corrected chi connectivity index (χ0v) is 23.0. The molecule has 0 bridgehead atoms. The van der Waals surface area contributed by atoms with Gasteiger partial charge in [-0.15, -0.1) is 0 Å². The number of aliphatic hydroxyl groups is 1. The van der Waals surface area contributed by atoms with Gasteiger partial charge in [-0.05, 0) is 43.3 Å². The Hall–Kier alpha value is -2.87. The summed E-state index contributed by atoms with van der Waals surface area (Å²) in [4.78, 5) is 15.0. The third-order valence-electron chi connectivity index (χ3n) is 6.31. The monoisotopic (exact) mass is 555 g/mol. The van der Waals surface area contributed by atoms with Crippen LogP contribution in [0.4, 0.5) is 5.69 Å². The number of aliphatic hydroxyl groups excluding tert-OH is 1. The van der Waals surface area contributed by atoms with E-state index >= 15 is 0 Å². The number of nitrogens with one attached hydrogen (secondary N) is 1. The SMILES string of the molecule is COc1ccc(S(=O)(=O)Nc2cccc3c2O[C@H](CN(C)S(C)(=O)=O)[C@H](C)CN([C@@H](C)CO)C3=O)cc1. The van der Waals surface area contributed by atoms with Crippen LogP contribution in [0.5, 0.6) is 11.5 Å². The van der Waals surface area contributed by atoms with E-state index in [1.54, 1.807) is 13.8 Å². The highest BCUT2D eigenvalue weighted by atomic mass is 32.2. The molecule has 0 aromatic heterocycles. The van der Waals surface area contributed by atoms with E-state index in [1.807, 2.05) is 0 Å². The van der Waals surface area contributed by atoms with Crippen LogP contribution in [0.2, 0.25) is 0 Å². The number of methoxy groups -OCH3 is 1. The minimum absolute atomic E-state index is 0.0156. The molecule has 0 spiro atoms. The Balaban J connectivity index is 2.10. The van der Waals surface area contributed by atoms with Crippen LogP contribution in [-0.2, 0) is 20.0 Å². The van der Waals surface area contributed by atoms with Gasteiger partial charge in [0, 0.05) is 19.5 Å². The highest BCUT2D eigenvalue weighted by Crippen LogP contribution is 2.36. The quantitative estimate of drug-likeness (QED) is 0.475. The van der Waals surface area contributed by atoms with Gasteiger partial charge in [0.05, 0.1) is 48.7 Å². The van der Waals surface area contributed by atoms with Gasteiger partial charge < -0.3 is 19.5 Å². The second kappa shape index (κ2) is 11.3. The second-order valence-electron chi connectivity index (χ2n) is 9.13. The highest BCUT2D eigenvalue weighted by molar-refractivity contribution is 7.92. The molecule has 37 heavy (non-hydrogen) atoms. The predicted octanol–water partition coefficient (Wildman–Crippen LogP) is 1.61. The molecule has 0 saturated heterocycles. The summed E-state index contributed by atoms with van der Waals surface area (Å²) < 4.78 is 65.5. The minimum Gasteiger partial charge on any atom is -0.497 e. The number of sulfonamides is 2. The standard InChI is InChI=1S/C24H33N3O8S2/c1-16-13-27(17(2)15-28)24(29)20-7-6-8-21(23(20)35-22(16)14-26(3)36(5,30)31)25-37(32,33)19-11-9-18(34-4)10-12-19/h6-12,16-17,22,25,28H,13-15H2,1-5H3/t16-,17+,22-/m1/s1. The van der Waals surface area contributed by atoms with Crippen LogP contribution in [0.25, 0.3) is 0 Å². The first kappa shape index (κ1) is 28.7. The van der Waals surface area contributed by atoms with Crippen LogP contribution < -0.4 is 14.2 Å². The molecule has 0 radical (unpaired) electrons. The molecule has 1 heterocycles. The summed E-state index contributed by atoms with van der Waals surface area (Å²) in [5.41, 5.74) is 0.119. The van der Waals surface area contributed by atoms with Gasteiger partial charge in [0.15, 0.2) is 5.75 Å². The Bertz CT molecular complexity index is 1330. The molecule has 204 valence electrons. The largest absolute Gasteiger partial charge is 0.497 e. The van der Waals surface area contributed by atoms with Crippen LogP contribution in [0.1, 0.15) is 24.2 Å². The summed E-state index contributed by atoms with van der Waals surface area (Å²) in [6.45, 7) is 3.38. The van der Waals surface area contributed by atoms with Crippen molar-refractivity contribution in [1.29, 1.82) is 0 Å². The number of likely N-dealkylation sites (N-methyl/N-ethyl adjacent to an activating group) is 1. The molecule has 1 aliphatic heterocycles. The third kappa shape index (κ3) is 6.53. The molecule has 3 atom stereocenters. The van der Waals surface area contributed by atoms with Crippen molar-refractivity contribution in [2.24, 2.45) is 5.92 Å². The first-order valence-corrected chi connectivity index (χ1v) is 14.9. The van der Waals surface area contributed by atoms with Crippen molar-refractivity contribution in [3.63, 3.8) is 0 Å². The summed E-state index contributed by atoms with van der Waals surface area (Å²) in [5, 5.41) is 9.78. The van der Waals surface area contributed by atoms with Gasteiger partial charge in [0.2, 0.25) is 10.0 Å². The molecule has 0 fully saturated rings. The van der Waals surface area contributed by atoms with E-state index in [4.69, 9.17) is 9.47 Å². The normalized spacial score (nSPS) is 19.4. The van der Waals surface area contributed by atoms with Crippen LogP contribution in [0.15, 0.2) is 47.4 Å². The van der Waals surface area contributed by atoms with Crippen molar-refractivity contribution in [2.75, 3.05) is 44.8 Å². The summed E-state index contributed by atoms with van der Waals surface area (Å²) >= 11 is 0. The number of amides is 1. The van der Waals surface area contributed by atoms with Crippen LogP contribution in [-0.4, -0.2) is 89.3 Å². The zero-order valence-electron chi connectivity index (χ0n) is 21.4. The molecule has 0 aliphatic carbocycles. The van der Waals surface area contributed by atoms with Gasteiger partial charge in [0.1, 0.15) is 11.9 Å². The first-order chi connectivity index (χ1) is 17.3. The summed E-state index contributed by atoms with van der Waals surface area (Å²) in [5.74, 6) is -0.328. The Morgan fingerprint density at radius 2 is 1.84 bits per heavy atom. The average Bonchev–Trinajstić information content (AvgIpc) is 2.85. The van der Waals surface area contributed by atoms with Gasteiger partial charge >= 0.3 is 0 Å². The summed E-state index contributed by atoms with van der Waals surface area (Å²) in [6, 6.07) is 9.76. The Morgan fingerprint density at radius 1 is 1.19 bits per heavy atom. The number of hydrogen-bond acceptors (Lipinski definition) is 8. The fourth-order valence-electron chi connectivity index (χ4n) is 3.89. The van der Waals surface area contributed by atoms with Gasteiger partial charge in [-0.3, -0.25) is 9.52 Å². The topological polar surface area (TPSA) is 143 Å². The molecule has 13 heteroatoms. The number of nitrogens with zero attached hydrogens (tertiary/aromatic N) is 2. The van der Waals surface area contributed by atoms with Crippen molar-refractivity contribution in [3.8, 4) is 11.5 Å². The summed E-state index contributed by atoms with van der Waals surface area (Å²) in [6.07, 6.45) is 0.346. The Kier molecular flexibility index (Phi) is 8.73. The molecular weight excluding hydrogens is 522 g/mol. The van der Waals surface area contributed by atoms with E-state index in [1.165, 1.54) is 61.5 Å². The van der Waals surface area contributed by atoms with E-state index in [9.17, 15) is 26.7 Å². The van der Waals surface area contributed by atoms with Crippen molar-refractivity contribution >= 4 is 31.6 Å². The van der Waals surface area contributed by atoms with Crippen molar-refractivity contribution in [2.45, 2.75) is 30.9 Å². The van der Waals surface area contributed by atoms with E-state index in [2.05, 4.69) is 4.72 Å². The maximum Gasteiger partial charge on any atom is 0.262 e. The number of hydrogen-bond donors (Lipinski definition) is 2. The number of carbonyl (C=O) groups is 1. The van der Waals surface area contributed by atoms with E-state index in [-0.39, 0.29) is 47.5 Å². The number of carbonyl (C=O) groups excluding carboxylic acids is 1. The highest BCUT2D eigenvalue weighted by Gasteiger charge is 2.35. The van der Waals surface area contributed by atoms with E-state index in [0.717, 1.165) is 10.6 Å². The molecule has 2 aromatic rings. The molecule has 2 N–H and O–H groups in total. The molecule has 1 amide bonds. The maximum absolute atomic E-state index is 13.5. The lowest BCUT2D eigenvalue weighted by Gasteiger charge is -2.38. The number of benzene rings is 2. The minimum atomic E-state index is -4.08. The number of anilines is 1. The van der Waals surface area contributed by atoms with Crippen LogP contribution in [0.3, 0.4) is 0 Å². The lowest BCUT2D eigenvalue weighted by atomic mass is 9.99. The molecule has 3 rings (SSSR count). The maximum atomic E-state index is 13.5. The molecule has 11 nitrogen and oxygen atoms in total. The summed E-state index contributed by atoms with van der Waals surface area (Å²) in [7, 11) is -4.73. The predicted molar refractivity (Wildman–Crippen MR) is 139 cm³/mol. The Morgan fingerprint density at radius 3 is 2.41 bits per heavy atom. The zero-order chi connectivity index (χ0) is 27.5. The van der Waals surface area contributed by atoms with Gasteiger partial charge in [-0.1, -0.05) is 13.0 Å². The van der Waals surface area contributed by atoms with E-state index in [0.29, 0.717) is 5.75 Å². The molecule has 0 unspecified atom stereocenters. The van der Waals surface area contributed by atoms with Gasteiger partial charge in [-0.2, -0.15) is 0 Å². The fraction of sp³-hybridized carbons (Fsp3) is 0.458. The lowest BCUT2D eigenvalue weighted by Crippen LogP contribution is -2.50. The average molecular weight is 556 g/mol. The fourth-order valence-corrected chi connectivity index (χ4v) is 5.37. The second-order valence-corrected chi connectivity index (χ2v) is 12.9. The van der Waals surface area contributed by atoms with Crippen LogP contribution in [0, 0.1) is 5.92 Å². The molecule has 0 saturated carbocycles.